The van der Waals surface area contributed by atoms with Crippen molar-refractivity contribution >= 4 is 0 Å². The summed E-state index contributed by atoms with van der Waals surface area (Å²) in [6.45, 7) is -0.308. The van der Waals surface area contributed by atoms with Crippen molar-refractivity contribution in [2.75, 3.05) is 0 Å². The highest BCUT2D eigenvalue weighted by molar-refractivity contribution is 4.73. The van der Waals surface area contributed by atoms with Crippen molar-refractivity contribution in [3.63, 3.8) is 0 Å². The molecule has 0 aliphatic heterocycles. The fourth-order valence-electron chi connectivity index (χ4n) is 1.14. The predicted molar refractivity (Wildman–Crippen MR) is 53.5 cm³/mol. The number of rotatable bonds is 5. The molecule has 1 aromatic rings. The van der Waals surface area contributed by atoms with Crippen molar-refractivity contribution in [1.82, 2.24) is 9.55 Å². The molecule has 1 heterocycles. The summed E-state index contributed by atoms with van der Waals surface area (Å²) in [6, 6.07) is 0. The maximum absolute atomic E-state index is 9.67. The molecule has 0 fully saturated rings. The summed E-state index contributed by atoms with van der Waals surface area (Å²) in [5, 5.41) is 0. The van der Waals surface area contributed by atoms with Crippen LogP contribution in [0, 0.1) is 0 Å². The molecule has 1 rings (SSSR count). The Morgan fingerprint density at radius 3 is 2.33 bits per heavy atom. The lowest BCUT2D eigenvalue weighted by Gasteiger charge is -1.99. The van der Waals surface area contributed by atoms with Gasteiger partial charge in [-0.1, -0.05) is 26.2 Å². The van der Waals surface area contributed by atoms with E-state index in [-0.39, 0.29) is 0 Å². The lowest BCUT2D eigenvalue weighted by atomic mass is 10.2. The number of imidazole rings is 1. The number of halogens is 3. The largest absolute Gasteiger partial charge is 0.379 e. The van der Waals surface area contributed by atoms with Crippen LogP contribution < -0.4 is 0 Å². The number of hydrogen-bond acceptors (Lipinski definition) is 1. The molecule has 15 heavy (non-hydrogen) atoms. The van der Waals surface area contributed by atoms with Crippen LogP contribution in [0.2, 0.25) is 0 Å². The molecule has 0 N–H and O–H groups in total. The topological polar surface area (TPSA) is 17.8 Å². The zero-order chi connectivity index (χ0) is 11.5. The van der Waals surface area contributed by atoms with Crippen molar-refractivity contribution in [1.29, 1.82) is 0 Å². The standard InChI is InChI=1S/C9H16N2.CHF3/c1-2-3-4-5-7-11-8-6-10-9-11;2-1(3)4/h6,8-9H,2-5,7H2,1H3;1H. The third kappa shape index (κ3) is 10.9. The quantitative estimate of drug-likeness (QED) is 0.695. The molecule has 0 bridgehead atoms. The van der Waals surface area contributed by atoms with E-state index in [1.54, 1.807) is 0 Å². The Labute approximate surface area is 88.1 Å². The van der Waals surface area contributed by atoms with Gasteiger partial charge < -0.3 is 4.57 Å². The molecular formula is C10H17F3N2. The van der Waals surface area contributed by atoms with Gasteiger partial charge in [-0.2, -0.15) is 13.2 Å². The van der Waals surface area contributed by atoms with E-state index in [0.29, 0.717) is 0 Å². The first-order valence-electron chi connectivity index (χ1n) is 5.04. The van der Waals surface area contributed by atoms with E-state index in [2.05, 4.69) is 16.5 Å². The second-order valence-corrected chi connectivity index (χ2v) is 3.11. The van der Waals surface area contributed by atoms with E-state index in [1.807, 2.05) is 18.7 Å². The molecule has 0 atom stereocenters. The highest BCUT2D eigenvalue weighted by Crippen LogP contribution is 2.00. The van der Waals surface area contributed by atoms with E-state index in [0.717, 1.165) is 6.54 Å². The van der Waals surface area contributed by atoms with Crippen LogP contribution in [0.15, 0.2) is 18.7 Å². The molecular weight excluding hydrogens is 205 g/mol. The molecule has 0 saturated carbocycles. The van der Waals surface area contributed by atoms with Gasteiger partial charge in [-0.15, -0.1) is 0 Å². The van der Waals surface area contributed by atoms with Crippen LogP contribution in [0.4, 0.5) is 13.2 Å². The summed E-state index contributed by atoms with van der Waals surface area (Å²) in [4.78, 5) is 3.98. The first-order valence-corrected chi connectivity index (χ1v) is 5.04. The number of nitrogens with zero attached hydrogens (tertiary/aromatic N) is 2. The van der Waals surface area contributed by atoms with Crippen LogP contribution in [0.5, 0.6) is 0 Å². The Bertz CT molecular complexity index is 210. The van der Waals surface area contributed by atoms with Gasteiger partial charge in [0.25, 0.3) is 0 Å². The third-order valence-corrected chi connectivity index (χ3v) is 1.83. The molecule has 0 spiro atoms. The highest BCUT2D eigenvalue weighted by Gasteiger charge is 1.89. The van der Waals surface area contributed by atoms with E-state index >= 15 is 0 Å². The van der Waals surface area contributed by atoms with Crippen molar-refractivity contribution in [2.24, 2.45) is 0 Å². The minimum Gasteiger partial charge on any atom is -0.337 e. The Morgan fingerprint density at radius 2 is 1.87 bits per heavy atom. The van der Waals surface area contributed by atoms with Crippen LogP contribution in [0.1, 0.15) is 32.6 Å². The summed E-state index contributed by atoms with van der Waals surface area (Å²) in [7, 11) is 0. The predicted octanol–water partition coefficient (Wildman–Crippen LogP) is 3.64. The molecule has 0 saturated heterocycles. The minimum atomic E-state index is -3.67. The van der Waals surface area contributed by atoms with E-state index in [4.69, 9.17) is 0 Å². The summed E-state index contributed by atoms with van der Waals surface area (Å²) in [6.07, 6.45) is 11.0. The van der Waals surface area contributed by atoms with E-state index in [9.17, 15) is 13.2 Å². The Hall–Kier alpha value is -1.00. The van der Waals surface area contributed by atoms with Crippen LogP contribution in [0.25, 0.3) is 0 Å². The monoisotopic (exact) mass is 222 g/mol. The zero-order valence-electron chi connectivity index (χ0n) is 8.87. The first-order chi connectivity index (χ1) is 7.16. The van der Waals surface area contributed by atoms with E-state index < -0.39 is 6.68 Å². The molecule has 88 valence electrons. The normalized spacial score (nSPS) is 9.93. The van der Waals surface area contributed by atoms with E-state index in [1.165, 1.54) is 25.7 Å². The molecule has 0 unspecified atom stereocenters. The minimum absolute atomic E-state index is 1.12. The number of alkyl halides is 3. The molecule has 0 aromatic carbocycles. The Kier molecular flexibility index (Phi) is 8.91. The van der Waals surface area contributed by atoms with Gasteiger partial charge in [0.15, 0.2) is 0 Å². The summed E-state index contributed by atoms with van der Waals surface area (Å²) >= 11 is 0. The average Bonchev–Trinajstić information content (AvgIpc) is 2.64. The fourth-order valence-corrected chi connectivity index (χ4v) is 1.14. The maximum Gasteiger partial charge on any atom is 0.379 e. The number of aromatic nitrogens is 2. The van der Waals surface area contributed by atoms with Gasteiger partial charge >= 0.3 is 6.68 Å². The molecule has 2 nitrogen and oxygen atoms in total. The maximum atomic E-state index is 9.67. The van der Waals surface area contributed by atoms with Gasteiger partial charge in [0.1, 0.15) is 0 Å². The Balaban J connectivity index is 0.000000423. The smallest absolute Gasteiger partial charge is 0.337 e. The van der Waals surface area contributed by atoms with Gasteiger partial charge in [-0.05, 0) is 6.42 Å². The number of aryl methyl sites for hydroxylation is 1. The van der Waals surface area contributed by atoms with Crippen LogP contribution >= 0.6 is 0 Å². The summed E-state index contributed by atoms with van der Waals surface area (Å²) in [5.41, 5.74) is 0. The average molecular weight is 222 g/mol. The summed E-state index contributed by atoms with van der Waals surface area (Å²) in [5.74, 6) is 0. The van der Waals surface area contributed by atoms with Crippen LogP contribution in [-0.2, 0) is 6.54 Å². The molecule has 1 aromatic heterocycles. The molecule has 0 radical (unpaired) electrons. The highest BCUT2D eigenvalue weighted by atomic mass is 19.4. The zero-order valence-corrected chi connectivity index (χ0v) is 8.87. The first kappa shape index (κ1) is 14.0. The molecule has 5 heteroatoms. The van der Waals surface area contributed by atoms with Gasteiger partial charge in [0.2, 0.25) is 0 Å². The molecule has 0 aliphatic carbocycles. The third-order valence-electron chi connectivity index (χ3n) is 1.83. The molecule has 0 amide bonds. The van der Waals surface area contributed by atoms with Crippen molar-refractivity contribution in [2.45, 2.75) is 45.8 Å². The Morgan fingerprint density at radius 1 is 1.20 bits per heavy atom. The lowest BCUT2D eigenvalue weighted by molar-refractivity contribution is 0.00819. The lowest BCUT2D eigenvalue weighted by Crippen LogP contribution is -1.93. The summed E-state index contributed by atoms with van der Waals surface area (Å²) < 4.78 is 31.1. The second-order valence-electron chi connectivity index (χ2n) is 3.11. The SMILES string of the molecule is CCCCCCn1ccnc1.FC(F)F. The molecule has 0 aliphatic rings. The number of hydrogen-bond donors (Lipinski definition) is 0. The second kappa shape index (κ2) is 9.55. The van der Waals surface area contributed by atoms with Gasteiger partial charge in [0, 0.05) is 18.9 Å². The van der Waals surface area contributed by atoms with Gasteiger partial charge in [-0.25, -0.2) is 4.98 Å². The van der Waals surface area contributed by atoms with Crippen molar-refractivity contribution < 1.29 is 13.2 Å². The van der Waals surface area contributed by atoms with Crippen molar-refractivity contribution in [3.05, 3.63) is 18.7 Å². The van der Waals surface area contributed by atoms with Crippen molar-refractivity contribution in [3.8, 4) is 0 Å². The van der Waals surface area contributed by atoms with Crippen LogP contribution in [-0.4, -0.2) is 16.2 Å². The van der Waals surface area contributed by atoms with Gasteiger partial charge in [0.05, 0.1) is 6.33 Å². The fraction of sp³-hybridized carbons (Fsp3) is 0.700. The van der Waals surface area contributed by atoms with Gasteiger partial charge in [-0.3, -0.25) is 0 Å². The number of unbranched alkanes of at least 4 members (excludes halogenated alkanes) is 3. The van der Waals surface area contributed by atoms with Crippen LogP contribution in [0.3, 0.4) is 0 Å².